The summed E-state index contributed by atoms with van der Waals surface area (Å²) in [5.41, 5.74) is 0.162. The van der Waals surface area contributed by atoms with Crippen molar-refractivity contribution >= 4 is 42.4 Å². The van der Waals surface area contributed by atoms with E-state index in [2.05, 4.69) is 0 Å². The summed E-state index contributed by atoms with van der Waals surface area (Å²) in [6.07, 6.45) is -4.22. The molecule has 1 aromatic heterocycles. The van der Waals surface area contributed by atoms with Gasteiger partial charge in [-0.3, -0.25) is 24.0 Å². The van der Waals surface area contributed by atoms with E-state index in [1.807, 2.05) is 0 Å². The van der Waals surface area contributed by atoms with E-state index < -0.39 is 54.5 Å². The molecule has 0 aromatic carbocycles. The van der Waals surface area contributed by atoms with Gasteiger partial charge < -0.3 is 28.3 Å². The lowest BCUT2D eigenvalue weighted by atomic mass is 9.97. The van der Waals surface area contributed by atoms with Crippen molar-refractivity contribution in [2.75, 3.05) is 6.61 Å². The first-order chi connectivity index (χ1) is 15.0. The molecule has 0 saturated carbocycles. The lowest BCUT2D eigenvalue weighted by molar-refractivity contribution is -0.268. The van der Waals surface area contributed by atoms with E-state index in [-0.39, 0.29) is 16.8 Å². The van der Waals surface area contributed by atoms with Crippen LogP contribution in [0.5, 0.6) is 0 Å². The minimum Gasteiger partial charge on any atom is -0.463 e. The number of carbonyl (C=O) groups is 5. The molecule has 0 radical (unpaired) electrons. The molecule has 1 aliphatic rings. The average Bonchev–Trinajstić information content (AvgIpc) is 2.69. The summed E-state index contributed by atoms with van der Waals surface area (Å²) >= 11 is 5.34. The molecule has 1 fully saturated rings. The molecule has 12 heteroatoms. The summed E-state index contributed by atoms with van der Waals surface area (Å²) in [5, 5.41) is 0. The Morgan fingerprint density at radius 2 is 1.53 bits per heavy atom. The molecule has 1 aliphatic heterocycles. The highest BCUT2D eigenvalue weighted by Crippen LogP contribution is 2.35. The van der Waals surface area contributed by atoms with Gasteiger partial charge in [0.25, 0.3) is 0 Å². The summed E-state index contributed by atoms with van der Waals surface area (Å²) in [6, 6.07) is 3.00. The summed E-state index contributed by atoms with van der Waals surface area (Å²) in [4.78, 5) is 58.2. The predicted octanol–water partition coefficient (Wildman–Crippen LogP) is 1.29. The van der Waals surface area contributed by atoms with Crippen molar-refractivity contribution in [2.45, 2.75) is 58.3 Å². The van der Waals surface area contributed by atoms with E-state index >= 15 is 0 Å². The molecule has 0 spiro atoms. The molecule has 5 unspecified atom stereocenters. The maximum absolute atomic E-state index is 11.9. The molecule has 5 atom stereocenters. The average molecular weight is 469 g/mol. The van der Waals surface area contributed by atoms with Crippen molar-refractivity contribution in [3.8, 4) is 0 Å². The molecular formula is C20H23NO10S. The Morgan fingerprint density at radius 1 is 0.969 bits per heavy atom. The van der Waals surface area contributed by atoms with Crippen LogP contribution in [0.15, 0.2) is 18.3 Å². The van der Waals surface area contributed by atoms with Gasteiger partial charge in [0.2, 0.25) is 0 Å². The second-order valence-corrected chi connectivity index (χ2v) is 7.27. The molecule has 0 aliphatic carbocycles. The number of aldehydes is 1. The molecule has 2 rings (SSSR count). The number of aromatic nitrogens is 1. The largest absolute Gasteiger partial charge is 0.463 e. The summed E-state index contributed by atoms with van der Waals surface area (Å²) in [6.45, 7) is 4.20. The normalized spacial score (nSPS) is 24.7. The highest BCUT2D eigenvalue weighted by atomic mass is 32.1. The number of rotatable bonds is 7. The van der Waals surface area contributed by atoms with Gasteiger partial charge in [-0.2, -0.15) is 0 Å². The Morgan fingerprint density at radius 3 is 2.06 bits per heavy atom. The van der Waals surface area contributed by atoms with Gasteiger partial charge in [-0.1, -0.05) is 12.2 Å². The summed E-state index contributed by atoms with van der Waals surface area (Å²) < 4.78 is 28.5. The van der Waals surface area contributed by atoms with Crippen LogP contribution in [0.2, 0.25) is 0 Å². The number of pyridine rings is 1. The van der Waals surface area contributed by atoms with Crippen LogP contribution in [0.1, 0.15) is 44.3 Å². The minimum atomic E-state index is -1.33. The van der Waals surface area contributed by atoms with Crippen molar-refractivity contribution in [1.82, 2.24) is 4.57 Å². The van der Waals surface area contributed by atoms with Gasteiger partial charge in [-0.15, -0.1) is 0 Å². The standard InChI is InChI=1S/C20H23NO10S/c1-10(23)27-9-15-16(28-11(2)24)17(29-12(3)25)18(30-13(4)26)19(31-15)21-7-5-6-14(8-22)20(21)32/h5-8,15-19H,9H2,1-4H3. The molecule has 1 aromatic rings. The second kappa shape index (κ2) is 11.0. The van der Waals surface area contributed by atoms with Crippen LogP contribution >= 0.6 is 12.2 Å². The Hall–Kier alpha value is -3.12. The van der Waals surface area contributed by atoms with Crippen LogP contribution in [0.3, 0.4) is 0 Å². The number of esters is 4. The number of nitrogens with zero attached hydrogens (tertiary/aromatic N) is 1. The van der Waals surface area contributed by atoms with Gasteiger partial charge in [0.05, 0.1) is 0 Å². The third kappa shape index (κ3) is 6.20. The fraction of sp³-hybridized carbons (Fsp3) is 0.500. The van der Waals surface area contributed by atoms with Crippen molar-refractivity contribution in [1.29, 1.82) is 0 Å². The summed E-state index contributed by atoms with van der Waals surface area (Å²) in [7, 11) is 0. The number of hydrogen-bond acceptors (Lipinski definition) is 11. The molecule has 2 heterocycles. The molecule has 1 saturated heterocycles. The number of ether oxygens (including phenoxy) is 5. The molecule has 0 amide bonds. The van der Waals surface area contributed by atoms with Gasteiger partial charge in [0, 0.05) is 39.5 Å². The highest BCUT2D eigenvalue weighted by molar-refractivity contribution is 7.71. The van der Waals surface area contributed by atoms with Crippen molar-refractivity contribution in [3.63, 3.8) is 0 Å². The Bertz CT molecular complexity index is 958. The van der Waals surface area contributed by atoms with E-state index in [1.54, 1.807) is 0 Å². The molecule has 11 nitrogen and oxygen atoms in total. The monoisotopic (exact) mass is 469 g/mol. The van der Waals surface area contributed by atoms with Crippen LogP contribution in [-0.2, 0) is 42.9 Å². The zero-order chi connectivity index (χ0) is 24.0. The molecule has 174 valence electrons. The fourth-order valence-corrected chi connectivity index (χ4v) is 3.53. The van der Waals surface area contributed by atoms with Crippen molar-refractivity contribution in [2.24, 2.45) is 0 Å². The zero-order valence-electron chi connectivity index (χ0n) is 17.8. The highest BCUT2D eigenvalue weighted by Gasteiger charge is 2.52. The van der Waals surface area contributed by atoms with Gasteiger partial charge in [0.15, 0.2) is 30.8 Å². The maximum atomic E-state index is 11.9. The maximum Gasteiger partial charge on any atom is 0.303 e. The fourth-order valence-electron chi connectivity index (χ4n) is 3.25. The van der Waals surface area contributed by atoms with Crippen LogP contribution in [0.25, 0.3) is 0 Å². The third-order valence-corrected chi connectivity index (χ3v) is 4.82. The van der Waals surface area contributed by atoms with Crippen LogP contribution in [-0.4, -0.2) is 65.8 Å². The van der Waals surface area contributed by atoms with E-state index in [0.29, 0.717) is 6.29 Å². The van der Waals surface area contributed by atoms with E-state index in [0.717, 1.165) is 20.8 Å². The smallest absolute Gasteiger partial charge is 0.303 e. The number of carbonyl (C=O) groups excluding carboxylic acids is 5. The lowest BCUT2D eigenvalue weighted by Gasteiger charge is -2.45. The first-order valence-electron chi connectivity index (χ1n) is 9.52. The van der Waals surface area contributed by atoms with Gasteiger partial charge in [0.1, 0.15) is 17.4 Å². The van der Waals surface area contributed by atoms with Gasteiger partial charge in [-0.25, -0.2) is 0 Å². The van der Waals surface area contributed by atoms with E-state index in [1.165, 1.54) is 29.8 Å². The van der Waals surface area contributed by atoms with E-state index in [9.17, 15) is 24.0 Å². The molecule has 0 bridgehead atoms. The van der Waals surface area contributed by atoms with Gasteiger partial charge in [-0.05, 0) is 12.1 Å². The second-order valence-electron chi connectivity index (χ2n) is 6.88. The quantitative estimate of drug-likeness (QED) is 0.247. The first kappa shape index (κ1) is 25.1. The zero-order valence-corrected chi connectivity index (χ0v) is 18.7. The molecule has 0 N–H and O–H groups in total. The van der Waals surface area contributed by atoms with Crippen molar-refractivity contribution in [3.05, 3.63) is 28.5 Å². The third-order valence-electron chi connectivity index (χ3n) is 4.37. The molecular weight excluding hydrogens is 446 g/mol. The lowest BCUT2D eigenvalue weighted by Crippen LogP contribution is -2.60. The van der Waals surface area contributed by atoms with Crippen LogP contribution in [0, 0.1) is 4.64 Å². The minimum absolute atomic E-state index is 0.0587. The number of hydrogen-bond donors (Lipinski definition) is 0. The topological polar surface area (TPSA) is 136 Å². The SMILES string of the molecule is CC(=O)OCC1OC(n2cccc(C=O)c2=S)C(OC(C)=O)C(OC(C)=O)C1OC(C)=O. The van der Waals surface area contributed by atoms with Gasteiger partial charge >= 0.3 is 23.9 Å². The Kier molecular flexibility index (Phi) is 8.61. The van der Waals surface area contributed by atoms with Crippen LogP contribution < -0.4 is 0 Å². The predicted molar refractivity (Wildman–Crippen MR) is 108 cm³/mol. The van der Waals surface area contributed by atoms with Crippen molar-refractivity contribution < 1.29 is 47.7 Å². The van der Waals surface area contributed by atoms with Crippen LogP contribution in [0.4, 0.5) is 0 Å². The Labute approximate surface area is 188 Å². The molecule has 32 heavy (non-hydrogen) atoms. The summed E-state index contributed by atoms with van der Waals surface area (Å²) in [5.74, 6) is -2.85. The van der Waals surface area contributed by atoms with E-state index in [4.69, 9.17) is 35.9 Å². The Balaban J connectivity index is 2.64. The first-order valence-corrected chi connectivity index (χ1v) is 9.92.